The molecule has 0 saturated heterocycles. The molecule has 1 aliphatic carbocycles. The summed E-state index contributed by atoms with van der Waals surface area (Å²) in [6.07, 6.45) is 5.24. The van der Waals surface area contributed by atoms with Crippen molar-refractivity contribution in [3.8, 4) is 0 Å². The second-order valence-electron chi connectivity index (χ2n) is 3.66. The Kier molecular flexibility index (Phi) is 2.20. The molecule has 0 atom stereocenters. The third-order valence-electron chi connectivity index (χ3n) is 2.70. The fourth-order valence-corrected chi connectivity index (χ4v) is 2.35. The molecule has 1 aromatic heterocycles. The van der Waals surface area contributed by atoms with Gasteiger partial charge in [-0.3, -0.25) is 0 Å². The molecule has 0 bridgehead atoms. The van der Waals surface area contributed by atoms with E-state index in [2.05, 4.69) is 17.5 Å². The van der Waals surface area contributed by atoms with Gasteiger partial charge in [0.05, 0.1) is 5.60 Å². The Morgan fingerprint density at radius 1 is 1.50 bits per heavy atom. The van der Waals surface area contributed by atoms with Gasteiger partial charge in [0.25, 0.3) is 0 Å². The van der Waals surface area contributed by atoms with Gasteiger partial charge in [-0.05, 0) is 43.6 Å². The molecular formula is C10H14OS. The Hall–Kier alpha value is -0.340. The maximum Gasteiger partial charge on any atom is 0.0651 e. The van der Waals surface area contributed by atoms with E-state index in [0.29, 0.717) is 0 Å². The summed E-state index contributed by atoms with van der Waals surface area (Å²) in [4.78, 5) is 1.40. The molecule has 0 aliphatic heterocycles. The van der Waals surface area contributed by atoms with Crippen molar-refractivity contribution in [3.63, 3.8) is 0 Å². The van der Waals surface area contributed by atoms with E-state index >= 15 is 0 Å². The van der Waals surface area contributed by atoms with Gasteiger partial charge in [-0.2, -0.15) is 0 Å². The molecule has 0 spiro atoms. The molecule has 1 heterocycles. The van der Waals surface area contributed by atoms with Crippen molar-refractivity contribution in [2.75, 3.05) is 0 Å². The van der Waals surface area contributed by atoms with Crippen molar-refractivity contribution in [1.29, 1.82) is 0 Å². The fraction of sp³-hybridized carbons (Fsp3) is 0.600. The number of aliphatic hydroxyl groups is 1. The zero-order chi connectivity index (χ0) is 8.44. The van der Waals surface area contributed by atoms with Gasteiger partial charge in [0.2, 0.25) is 0 Å². The highest BCUT2D eigenvalue weighted by molar-refractivity contribution is 7.09. The largest absolute Gasteiger partial charge is 0.390 e. The first-order valence-corrected chi connectivity index (χ1v) is 5.41. The van der Waals surface area contributed by atoms with Crippen molar-refractivity contribution in [1.82, 2.24) is 0 Å². The van der Waals surface area contributed by atoms with E-state index in [4.69, 9.17) is 0 Å². The summed E-state index contributed by atoms with van der Waals surface area (Å²) in [5.41, 5.74) is -0.302. The second kappa shape index (κ2) is 3.19. The minimum Gasteiger partial charge on any atom is -0.390 e. The Bertz CT molecular complexity index is 236. The van der Waals surface area contributed by atoms with E-state index in [-0.39, 0.29) is 5.60 Å². The number of rotatable bonds is 3. The molecular weight excluding hydrogens is 168 g/mol. The van der Waals surface area contributed by atoms with Crippen molar-refractivity contribution in [2.24, 2.45) is 0 Å². The molecule has 66 valence electrons. The van der Waals surface area contributed by atoms with Crippen molar-refractivity contribution in [3.05, 3.63) is 22.4 Å². The molecule has 12 heavy (non-hydrogen) atoms. The van der Waals surface area contributed by atoms with Crippen LogP contribution in [-0.2, 0) is 6.42 Å². The lowest BCUT2D eigenvalue weighted by atomic mass is 9.77. The Morgan fingerprint density at radius 3 is 2.83 bits per heavy atom. The summed E-state index contributed by atoms with van der Waals surface area (Å²) in [5.74, 6) is 0. The monoisotopic (exact) mass is 182 g/mol. The summed E-state index contributed by atoms with van der Waals surface area (Å²) in [6.45, 7) is 0. The van der Waals surface area contributed by atoms with E-state index in [9.17, 15) is 5.11 Å². The average Bonchev–Trinajstić information content (AvgIpc) is 2.49. The molecule has 1 N–H and O–H groups in total. The lowest BCUT2D eigenvalue weighted by molar-refractivity contribution is -0.0396. The van der Waals surface area contributed by atoms with Crippen molar-refractivity contribution in [2.45, 2.75) is 37.7 Å². The van der Waals surface area contributed by atoms with Gasteiger partial charge in [0.15, 0.2) is 0 Å². The molecule has 1 saturated carbocycles. The Balaban J connectivity index is 1.82. The first kappa shape index (κ1) is 8.27. The zero-order valence-electron chi connectivity index (χ0n) is 7.12. The van der Waals surface area contributed by atoms with Crippen LogP contribution in [0, 0.1) is 0 Å². The molecule has 1 fully saturated rings. The molecule has 1 aliphatic rings. The summed E-state index contributed by atoms with van der Waals surface area (Å²) in [6, 6.07) is 4.22. The standard InChI is InChI=1S/C10H14OS/c11-10(5-2-6-10)7-4-9-3-1-8-12-9/h1,3,8,11H,2,4-7H2. The van der Waals surface area contributed by atoms with Crippen LogP contribution in [0.25, 0.3) is 0 Å². The van der Waals surface area contributed by atoms with Crippen LogP contribution in [0.5, 0.6) is 0 Å². The minimum atomic E-state index is -0.302. The van der Waals surface area contributed by atoms with Gasteiger partial charge in [0, 0.05) is 4.88 Å². The van der Waals surface area contributed by atoms with Crippen LogP contribution in [0.3, 0.4) is 0 Å². The molecule has 2 rings (SSSR count). The Labute approximate surface area is 77.0 Å². The van der Waals surface area contributed by atoms with Crippen LogP contribution < -0.4 is 0 Å². The van der Waals surface area contributed by atoms with Crippen LogP contribution in [0.15, 0.2) is 17.5 Å². The van der Waals surface area contributed by atoms with Crippen LogP contribution in [0.2, 0.25) is 0 Å². The van der Waals surface area contributed by atoms with E-state index in [1.54, 1.807) is 11.3 Å². The van der Waals surface area contributed by atoms with Gasteiger partial charge >= 0.3 is 0 Å². The fourth-order valence-electron chi connectivity index (χ4n) is 1.65. The topological polar surface area (TPSA) is 20.2 Å². The van der Waals surface area contributed by atoms with Gasteiger partial charge in [-0.15, -0.1) is 11.3 Å². The first-order valence-electron chi connectivity index (χ1n) is 4.53. The normalized spacial score (nSPS) is 20.4. The maximum atomic E-state index is 9.81. The predicted octanol–water partition coefficient (Wildman–Crippen LogP) is 2.60. The van der Waals surface area contributed by atoms with E-state index in [1.807, 2.05) is 0 Å². The maximum absolute atomic E-state index is 9.81. The molecule has 2 heteroatoms. The number of hydrogen-bond acceptors (Lipinski definition) is 2. The van der Waals surface area contributed by atoms with E-state index in [0.717, 1.165) is 25.7 Å². The van der Waals surface area contributed by atoms with Gasteiger partial charge in [-0.25, -0.2) is 0 Å². The zero-order valence-corrected chi connectivity index (χ0v) is 7.94. The minimum absolute atomic E-state index is 0.302. The summed E-state index contributed by atoms with van der Waals surface area (Å²) < 4.78 is 0. The number of aryl methyl sites for hydroxylation is 1. The SMILES string of the molecule is OC1(CCc2cccs2)CCC1. The van der Waals surface area contributed by atoms with Crippen molar-refractivity contribution < 1.29 is 5.11 Å². The van der Waals surface area contributed by atoms with E-state index in [1.165, 1.54) is 11.3 Å². The highest BCUT2D eigenvalue weighted by Gasteiger charge is 2.33. The lowest BCUT2D eigenvalue weighted by Crippen LogP contribution is -2.36. The summed E-state index contributed by atoms with van der Waals surface area (Å²) in [5, 5.41) is 11.9. The highest BCUT2D eigenvalue weighted by atomic mass is 32.1. The van der Waals surface area contributed by atoms with Crippen molar-refractivity contribution >= 4 is 11.3 Å². The Morgan fingerprint density at radius 2 is 2.33 bits per heavy atom. The average molecular weight is 182 g/mol. The predicted molar refractivity (Wildman–Crippen MR) is 51.4 cm³/mol. The highest BCUT2D eigenvalue weighted by Crippen LogP contribution is 2.35. The first-order chi connectivity index (χ1) is 5.79. The third kappa shape index (κ3) is 1.70. The summed E-state index contributed by atoms with van der Waals surface area (Å²) in [7, 11) is 0. The third-order valence-corrected chi connectivity index (χ3v) is 3.64. The van der Waals surface area contributed by atoms with Gasteiger partial charge in [-0.1, -0.05) is 6.07 Å². The van der Waals surface area contributed by atoms with Crippen LogP contribution in [0.4, 0.5) is 0 Å². The summed E-state index contributed by atoms with van der Waals surface area (Å²) >= 11 is 1.79. The molecule has 0 amide bonds. The quantitative estimate of drug-likeness (QED) is 0.761. The van der Waals surface area contributed by atoms with Gasteiger partial charge in [0.1, 0.15) is 0 Å². The lowest BCUT2D eigenvalue weighted by Gasteiger charge is -2.36. The molecule has 1 aromatic rings. The van der Waals surface area contributed by atoms with E-state index < -0.39 is 0 Å². The van der Waals surface area contributed by atoms with Crippen LogP contribution in [-0.4, -0.2) is 10.7 Å². The smallest absolute Gasteiger partial charge is 0.0651 e. The molecule has 0 aromatic carbocycles. The molecule has 0 radical (unpaired) electrons. The number of thiophene rings is 1. The molecule has 1 nitrogen and oxygen atoms in total. The second-order valence-corrected chi connectivity index (χ2v) is 4.69. The van der Waals surface area contributed by atoms with Gasteiger partial charge < -0.3 is 5.11 Å². The number of hydrogen-bond donors (Lipinski definition) is 1. The molecule has 0 unspecified atom stereocenters. The van der Waals surface area contributed by atoms with Crippen LogP contribution >= 0.6 is 11.3 Å². The van der Waals surface area contributed by atoms with Crippen LogP contribution in [0.1, 0.15) is 30.6 Å².